The monoisotopic (exact) mass is 171 g/mol. The van der Waals surface area contributed by atoms with Crippen LogP contribution in [0.4, 0.5) is 0 Å². The first-order valence-electron chi connectivity index (χ1n) is 3.86. The molecular weight excluding hydrogens is 158 g/mol. The molecule has 0 spiro atoms. The van der Waals surface area contributed by atoms with Gasteiger partial charge in [-0.15, -0.1) is 0 Å². The average Bonchev–Trinajstić information content (AvgIpc) is 1.96. The Morgan fingerprint density at radius 3 is 2.50 bits per heavy atom. The summed E-state index contributed by atoms with van der Waals surface area (Å²) in [5, 5.41) is 2.66. The van der Waals surface area contributed by atoms with Crippen LogP contribution in [0.5, 0.6) is 0 Å². The lowest BCUT2D eigenvalue weighted by Gasteiger charge is -2.38. The van der Waals surface area contributed by atoms with E-state index < -0.39 is 5.41 Å². The second-order valence-corrected chi connectivity index (χ2v) is 3.54. The van der Waals surface area contributed by atoms with Crippen LogP contribution in [0, 0.1) is 5.41 Å². The molecule has 0 aromatic heterocycles. The minimum atomic E-state index is -0.608. The third-order valence-corrected chi connectivity index (χ3v) is 2.31. The van der Waals surface area contributed by atoms with E-state index in [0.717, 1.165) is 0 Å². The van der Waals surface area contributed by atoms with Gasteiger partial charge in [-0.2, -0.15) is 0 Å². The molecule has 0 aromatic rings. The van der Waals surface area contributed by atoms with Crippen molar-refractivity contribution in [3.05, 3.63) is 0 Å². The summed E-state index contributed by atoms with van der Waals surface area (Å²) in [6.07, 6.45) is 0.419. The molecule has 1 heterocycles. The van der Waals surface area contributed by atoms with Crippen molar-refractivity contribution in [3.8, 4) is 0 Å². The van der Waals surface area contributed by atoms with Crippen molar-refractivity contribution in [2.45, 2.75) is 26.3 Å². The highest BCUT2D eigenvalue weighted by Gasteiger charge is 2.44. The summed E-state index contributed by atoms with van der Waals surface area (Å²) in [4.78, 5) is 21.8. The molecule has 1 atom stereocenters. The van der Waals surface area contributed by atoms with Gasteiger partial charge in [-0.3, -0.25) is 9.59 Å². The van der Waals surface area contributed by atoms with E-state index in [0.29, 0.717) is 6.42 Å². The Balaban J connectivity index is 2.59. The fourth-order valence-electron chi connectivity index (χ4n) is 1.20. The summed E-state index contributed by atoms with van der Waals surface area (Å²) in [6.45, 7) is 3.53. The fourth-order valence-corrected chi connectivity index (χ4v) is 1.20. The van der Waals surface area contributed by atoms with Crippen molar-refractivity contribution in [3.63, 3.8) is 0 Å². The molecule has 0 aromatic carbocycles. The van der Waals surface area contributed by atoms with Crippen molar-refractivity contribution in [2.24, 2.45) is 5.41 Å². The number of ether oxygens (including phenoxy) is 1. The zero-order chi connectivity index (χ0) is 9.35. The topological polar surface area (TPSA) is 55.4 Å². The van der Waals surface area contributed by atoms with Gasteiger partial charge in [0.25, 0.3) is 0 Å². The summed E-state index contributed by atoms with van der Waals surface area (Å²) in [5.41, 5.74) is -0.608. The first kappa shape index (κ1) is 9.03. The van der Waals surface area contributed by atoms with Gasteiger partial charge in [-0.25, -0.2) is 0 Å². The number of methoxy groups -OCH3 is 1. The van der Waals surface area contributed by atoms with Crippen LogP contribution in [-0.4, -0.2) is 25.0 Å². The van der Waals surface area contributed by atoms with Gasteiger partial charge in [0.05, 0.1) is 18.6 Å². The lowest BCUT2D eigenvalue weighted by molar-refractivity contribution is -0.155. The molecule has 12 heavy (non-hydrogen) atoms. The number of hydrogen-bond donors (Lipinski definition) is 1. The van der Waals surface area contributed by atoms with Crippen LogP contribution in [0.2, 0.25) is 0 Å². The lowest BCUT2D eigenvalue weighted by atomic mass is 9.79. The van der Waals surface area contributed by atoms with E-state index in [4.69, 9.17) is 0 Å². The average molecular weight is 171 g/mol. The van der Waals surface area contributed by atoms with Crippen LogP contribution in [0.15, 0.2) is 0 Å². The number of hydrogen-bond acceptors (Lipinski definition) is 3. The number of amides is 1. The largest absolute Gasteiger partial charge is 0.469 e. The van der Waals surface area contributed by atoms with Gasteiger partial charge in [-0.05, 0) is 13.8 Å². The maximum absolute atomic E-state index is 11.2. The molecule has 1 fully saturated rings. The Labute approximate surface area is 71.3 Å². The number of rotatable bonds is 2. The van der Waals surface area contributed by atoms with Gasteiger partial charge in [-0.1, -0.05) is 0 Å². The summed E-state index contributed by atoms with van der Waals surface area (Å²) in [5.74, 6) is -0.288. The minimum Gasteiger partial charge on any atom is -0.469 e. The van der Waals surface area contributed by atoms with Gasteiger partial charge in [0, 0.05) is 6.42 Å². The summed E-state index contributed by atoms with van der Waals surface area (Å²) in [6, 6.07) is -0.0718. The number of nitrogens with one attached hydrogen (secondary N) is 1. The molecule has 0 bridgehead atoms. The molecule has 4 nitrogen and oxygen atoms in total. The Kier molecular flexibility index (Phi) is 2.08. The van der Waals surface area contributed by atoms with Crippen LogP contribution in [0.25, 0.3) is 0 Å². The molecule has 4 heteroatoms. The van der Waals surface area contributed by atoms with Crippen molar-refractivity contribution in [2.75, 3.05) is 7.11 Å². The smallest absolute Gasteiger partial charge is 0.313 e. The van der Waals surface area contributed by atoms with Crippen molar-refractivity contribution in [1.82, 2.24) is 5.32 Å². The van der Waals surface area contributed by atoms with E-state index in [2.05, 4.69) is 10.1 Å². The fraction of sp³-hybridized carbons (Fsp3) is 0.750. The molecule has 0 saturated carbocycles. The minimum absolute atomic E-state index is 0.00280. The molecule has 0 unspecified atom stereocenters. The van der Waals surface area contributed by atoms with Crippen LogP contribution < -0.4 is 5.32 Å². The van der Waals surface area contributed by atoms with E-state index in [-0.39, 0.29) is 17.9 Å². The van der Waals surface area contributed by atoms with Crippen LogP contribution in [-0.2, 0) is 14.3 Å². The SMILES string of the molecule is COC(=O)C(C)(C)[C@@H]1CC(=O)N1. The van der Waals surface area contributed by atoms with E-state index in [9.17, 15) is 9.59 Å². The number of carbonyl (C=O) groups is 2. The number of β-lactam (4-membered cyclic amide) rings is 1. The van der Waals surface area contributed by atoms with Gasteiger partial charge < -0.3 is 10.1 Å². The Morgan fingerprint density at radius 1 is 1.67 bits per heavy atom. The molecule has 1 aliphatic heterocycles. The van der Waals surface area contributed by atoms with Crippen molar-refractivity contribution >= 4 is 11.9 Å². The van der Waals surface area contributed by atoms with E-state index >= 15 is 0 Å². The highest BCUT2D eigenvalue weighted by Crippen LogP contribution is 2.28. The zero-order valence-corrected chi connectivity index (χ0v) is 7.51. The Bertz CT molecular complexity index is 214. The van der Waals surface area contributed by atoms with Gasteiger partial charge in [0.1, 0.15) is 0 Å². The highest BCUT2D eigenvalue weighted by atomic mass is 16.5. The Morgan fingerprint density at radius 2 is 2.17 bits per heavy atom. The third-order valence-electron chi connectivity index (χ3n) is 2.31. The maximum Gasteiger partial charge on any atom is 0.313 e. The molecular formula is C8H13NO3. The quantitative estimate of drug-likeness (QED) is 0.472. The number of esters is 1. The summed E-state index contributed by atoms with van der Waals surface area (Å²) >= 11 is 0. The molecule has 68 valence electrons. The maximum atomic E-state index is 11.2. The third kappa shape index (κ3) is 1.29. The number of carbonyl (C=O) groups excluding carboxylic acids is 2. The predicted molar refractivity (Wildman–Crippen MR) is 42.3 cm³/mol. The zero-order valence-electron chi connectivity index (χ0n) is 7.51. The molecule has 0 aliphatic carbocycles. The predicted octanol–water partition coefficient (Wildman–Crippen LogP) is 0.0741. The van der Waals surface area contributed by atoms with E-state index in [1.807, 2.05) is 0 Å². The summed E-state index contributed by atoms with van der Waals surface area (Å²) < 4.78 is 4.62. The molecule has 1 aliphatic rings. The van der Waals surface area contributed by atoms with E-state index in [1.54, 1.807) is 13.8 Å². The normalized spacial score (nSPS) is 22.6. The van der Waals surface area contributed by atoms with Gasteiger partial charge >= 0.3 is 5.97 Å². The highest BCUT2D eigenvalue weighted by molar-refractivity contribution is 5.87. The lowest BCUT2D eigenvalue weighted by Crippen LogP contribution is -2.58. The molecule has 0 radical (unpaired) electrons. The van der Waals surface area contributed by atoms with Crippen LogP contribution >= 0.6 is 0 Å². The standard InChI is InChI=1S/C8H13NO3/c1-8(2,7(11)12-3)5-4-6(10)9-5/h5H,4H2,1-3H3,(H,9,10)/t5-/m0/s1. The summed E-state index contributed by atoms with van der Waals surface area (Å²) in [7, 11) is 1.35. The van der Waals surface area contributed by atoms with Crippen LogP contribution in [0.1, 0.15) is 20.3 Å². The first-order chi connectivity index (χ1) is 5.48. The molecule has 1 rings (SSSR count). The second-order valence-electron chi connectivity index (χ2n) is 3.54. The Hall–Kier alpha value is -1.06. The van der Waals surface area contributed by atoms with Gasteiger partial charge in [0.2, 0.25) is 5.91 Å². The van der Waals surface area contributed by atoms with Crippen molar-refractivity contribution in [1.29, 1.82) is 0 Å². The molecule has 1 N–H and O–H groups in total. The van der Waals surface area contributed by atoms with Crippen molar-refractivity contribution < 1.29 is 14.3 Å². The molecule has 1 amide bonds. The van der Waals surface area contributed by atoms with Gasteiger partial charge in [0.15, 0.2) is 0 Å². The van der Waals surface area contributed by atoms with E-state index in [1.165, 1.54) is 7.11 Å². The second kappa shape index (κ2) is 2.77. The first-order valence-corrected chi connectivity index (χ1v) is 3.86. The van der Waals surface area contributed by atoms with Crippen LogP contribution in [0.3, 0.4) is 0 Å². The molecule has 1 saturated heterocycles.